The number of fused-ring (bicyclic) bond motifs is 1. The zero-order valence-electron chi connectivity index (χ0n) is 23.0. The lowest BCUT2D eigenvalue weighted by Gasteiger charge is -2.12. The van der Waals surface area contributed by atoms with Crippen LogP contribution in [0.2, 0.25) is 0 Å². The molecule has 0 bridgehead atoms. The molecule has 0 aliphatic heterocycles. The second-order valence-corrected chi connectivity index (χ2v) is 11.3. The van der Waals surface area contributed by atoms with E-state index in [0.29, 0.717) is 23.3 Å². The first-order valence-corrected chi connectivity index (χ1v) is 13.6. The van der Waals surface area contributed by atoms with E-state index in [9.17, 15) is 4.79 Å². The minimum atomic E-state index is -0.0303. The maximum absolute atomic E-state index is 13.2. The Labute approximate surface area is 222 Å². The number of benzene rings is 3. The fraction of sp³-hybridized carbons (Fsp3) is 0.353. The summed E-state index contributed by atoms with van der Waals surface area (Å²) in [7, 11) is 0. The lowest BCUT2D eigenvalue weighted by Crippen LogP contribution is -2.11. The van der Waals surface area contributed by atoms with Crippen molar-refractivity contribution in [1.29, 1.82) is 0 Å². The number of allylic oxidation sites excluding steroid dienone is 1. The van der Waals surface area contributed by atoms with Crippen LogP contribution in [-0.2, 0) is 6.54 Å². The smallest absolute Gasteiger partial charge is 0.228 e. The standard InChI is InChI=1S/C28H26N2O.C6H14/c1-20-12-14-23(15-13-20)27(31)28-29-25-10-2-3-11-26(25)30(28)18-5-4-7-21-8-6-9-24(19-21)22-16-17-22;1-5-6(2,3)4/h2-4,6-15,19,22H,5,16-18H2,1H3;5H2,1-4H3/b7-4+;. The molecule has 0 amide bonds. The first-order valence-electron chi connectivity index (χ1n) is 13.6. The van der Waals surface area contributed by atoms with Crippen molar-refractivity contribution in [2.45, 2.75) is 72.8 Å². The van der Waals surface area contributed by atoms with Crippen LogP contribution in [0, 0.1) is 12.3 Å². The summed E-state index contributed by atoms with van der Waals surface area (Å²) in [5, 5.41) is 0. The number of aromatic nitrogens is 2. The van der Waals surface area contributed by atoms with Crippen LogP contribution in [0.3, 0.4) is 0 Å². The summed E-state index contributed by atoms with van der Waals surface area (Å²) in [5.41, 5.74) is 6.92. The van der Waals surface area contributed by atoms with Crippen LogP contribution in [0.5, 0.6) is 0 Å². The molecular weight excluding hydrogens is 452 g/mol. The van der Waals surface area contributed by atoms with E-state index in [0.717, 1.165) is 28.9 Å². The van der Waals surface area contributed by atoms with Gasteiger partial charge in [0, 0.05) is 12.1 Å². The van der Waals surface area contributed by atoms with Crippen molar-refractivity contribution in [2.75, 3.05) is 0 Å². The summed E-state index contributed by atoms with van der Waals surface area (Å²) in [4.78, 5) is 17.9. The molecule has 0 saturated heterocycles. The van der Waals surface area contributed by atoms with Crippen molar-refractivity contribution >= 4 is 22.9 Å². The highest BCUT2D eigenvalue weighted by Gasteiger charge is 2.23. The highest BCUT2D eigenvalue weighted by atomic mass is 16.1. The highest BCUT2D eigenvalue weighted by Crippen LogP contribution is 2.40. The Bertz CT molecular complexity index is 1370. The SMILES string of the molecule is CCC(C)(C)C.Cc1ccc(C(=O)c2nc3ccccc3n2CC/C=C/c2cccc(C3CC3)c2)cc1. The van der Waals surface area contributed by atoms with Crippen LogP contribution < -0.4 is 0 Å². The molecule has 0 unspecified atom stereocenters. The van der Waals surface area contributed by atoms with Crippen LogP contribution in [0.1, 0.15) is 92.2 Å². The number of carbonyl (C=O) groups is 1. The van der Waals surface area contributed by atoms with Crippen LogP contribution >= 0.6 is 0 Å². The number of ketones is 1. The van der Waals surface area contributed by atoms with Crippen LogP contribution in [0.4, 0.5) is 0 Å². The summed E-state index contributed by atoms with van der Waals surface area (Å²) in [6, 6.07) is 24.5. The molecule has 1 heterocycles. The Hall–Kier alpha value is -3.46. The molecule has 0 radical (unpaired) electrons. The fourth-order valence-corrected chi connectivity index (χ4v) is 4.07. The molecule has 3 heteroatoms. The molecule has 1 saturated carbocycles. The number of rotatable bonds is 7. The van der Waals surface area contributed by atoms with Crippen molar-refractivity contribution in [2.24, 2.45) is 5.41 Å². The number of nitrogens with zero attached hydrogens (tertiary/aromatic N) is 2. The van der Waals surface area contributed by atoms with E-state index >= 15 is 0 Å². The number of hydrogen-bond donors (Lipinski definition) is 0. The van der Waals surface area contributed by atoms with Crippen molar-refractivity contribution in [1.82, 2.24) is 9.55 Å². The van der Waals surface area contributed by atoms with Crippen molar-refractivity contribution in [3.05, 3.63) is 107 Å². The number of hydrogen-bond acceptors (Lipinski definition) is 2. The molecule has 37 heavy (non-hydrogen) atoms. The predicted molar refractivity (Wildman–Crippen MR) is 156 cm³/mol. The largest absolute Gasteiger partial charge is 0.321 e. The quantitative estimate of drug-likeness (QED) is 0.241. The minimum Gasteiger partial charge on any atom is -0.321 e. The molecule has 192 valence electrons. The second kappa shape index (κ2) is 11.7. The lowest BCUT2D eigenvalue weighted by molar-refractivity contribution is 0.102. The van der Waals surface area contributed by atoms with Gasteiger partial charge in [-0.15, -0.1) is 0 Å². The van der Waals surface area contributed by atoms with Gasteiger partial charge in [-0.3, -0.25) is 4.79 Å². The Kier molecular flexibility index (Phi) is 8.43. The van der Waals surface area contributed by atoms with Crippen molar-refractivity contribution in [3.8, 4) is 0 Å². The summed E-state index contributed by atoms with van der Waals surface area (Å²) in [6.07, 6.45) is 9.12. The molecule has 1 aromatic heterocycles. The average molecular weight is 493 g/mol. The summed E-state index contributed by atoms with van der Waals surface area (Å²) >= 11 is 0. The number of imidazole rings is 1. The van der Waals surface area contributed by atoms with Crippen LogP contribution in [-0.4, -0.2) is 15.3 Å². The van der Waals surface area contributed by atoms with Gasteiger partial charge in [0.05, 0.1) is 11.0 Å². The Morgan fingerprint density at radius 1 is 1.00 bits per heavy atom. The van der Waals surface area contributed by atoms with Gasteiger partial charge >= 0.3 is 0 Å². The minimum absolute atomic E-state index is 0.0303. The molecule has 5 rings (SSSR count). The molecule has 3 nitrogen and oxygen atoms in total. The first kappa shape index (κ1) is 26.6. The van der Waals surface area contributed by atoms with E-state index in [2.05, 4.69) is 73.7 Å². The Balaban J connectivity index is 0.000000480. The van der Waals surface area contributed by atoms with E-state index in [1.54, 1.807) is 0 Å². The van der Waals surface area contributed by atoms with E-state index in [4.69, 9.17) is 0 Å². The third-order valence-corrected chi connectivity index (χ3v) is 7.02. The van der Waals surface area contributed by atoms with Gasteiger partial charge in [-0.05, 0) is 60.8 Å². The lowest BCUT2D eigenvalue weighted by atomic mass is 9.94. The summed E-state index contributed by atoms with van der Waals surface area (Å²) < 4.78 is 2.06. The zero-order chi connectivity index (χ0) is 26.4. The molecule has 0 atom stereocenters. The summed E-state index contributed by atoms with van der Waals surface area (Å²) in [6.45, 7) is 11.7. The molecule has 1 aliphatic carbocycles. The fourth-order valence-electron chi connectivity index (χ4n) is 4.07. The molecular formula is C34H40N2O. The normalized spacial score (nSPS) is 13.5. The van der Waals surface area contributed by atoms with Crippen LogP contribution in [0.15, 0.2) is 78.9 Å². The van der Waals surface area contributed by atoms with Gasteiger partial charge in [0.1, 0.15) is 0 Å². The maximum atomic E-state index is 13.2. The van der Waals surface area contributed by atoms with Gasteiger partial charge in [0.25, 0.3) is 0 Å². The van der Waals surface area contributed by atoms with Gasteiger partial charge in [-0.25, -0.2) is 4.98 Å². The van der Waals surface area contributed by atoms with Gasteiger partial charge in [0.2, 0.25) is 5.78 Å². The third kappa shape index (κ3) is 7.29. The topological polar surface area (TPSA) is 34.9 Å². The van der Waals surface area contributed by atoms with Crippen LogP contribution in [0.25, 0.3) is 17.1 Å². The van der Waals surface area contributed by atoms with Gasteiger partial charge in [0.15, 0.2) is 5.82 Å². The molecule has 0 N–H and O–H groups in total. The molecule has 1 aliphatic rings. The summed E-state index contributed by atoms with van der Waals surface area (Å²) in [5.74, 6) is 1.24. The van der Waals surface area contributed by atoms with Crippen molar-refractivity contribution in [3.63, 3.8) is 0 Å². The van der Waals surface area contributed by atoms with Gasteiger partial charge in [-0.2, -0.15) is 0 Å². The molecule has 1 fully saturated rings. The molecule has 0 spiro atoms. The highest BCUT2D eigenvalue weighted by molar-refractivity contribution is 6.08. The average Bonchev–Trinajstić information content (AvgIpc) is 3.68. The molecule has 4 aromatic rings. The van der Waals surface area contributed by atoms with Crippen molar-refractivity contribution < 1.29 is 4.79 Å². The van der Waals surface area contributed by atoms with E-state index in [1.807, 2.05) is 55.5 Å². The Morgan fingerprint density at radius 3 is 2.38 bits per heavy atom. The monoisotopic (exact) mass is 492 g/mol. The van der Waals surface area contributed by atoms with E-state index in [1.165, 1.54) is 30.4 Å². The number of carbonyl (C=O) groups excluding carboxylic acids is 1. The van der Waals surface area contributed by atoms with Gasteiger partial charge < -0.3 is 4.57 Å². The predicted octanol–water partition coefficient (Wildman–Crippen LogP) is 9.00. The van der Waals surface area contributed by atoms with E-state index in [-0.39, 0.29) is 5.78 Å². The second-order valence-electron chi connectivity index (χ2n) is 11.3. The third-order valence-electron chi connectivity index (χ3n) is 7.02. The number of aryl methyl sites for hydroxylation is 2. The van der Waals surface area contributed by atoms with Gasteiger partial charge in [-0.1, -0.05) is 112 Å². The van der Waals surface area contributed by atoms with E-state index < -0.39 is 0 Å². The number of para-hydroxylation sites is 2. The zero-order valence-corrected chi connectivity index (χ0v) is 23.0. The first-order chi connectivity index (χ1) is 17.7. The Morgan fingerprint density at radius 2 is 1.70 bits per heavy atom. The molecule has 3 aromatic carbocycles. The maximum Gasteiger partial charge on any atom is 0.228 e.